The van der Waals surface area contributed by atoms with Crippen molar-refractivity contribution < 1.29 is 28.6 Å². The molecular weight excluding hydrogens is 769 g/mol. The highest BCUT2D eigenvalue weighted by Gasteiger charge is 2.19. The fourth-order valence-electron chi connectivity index (χ4n) is 6.62. The zero-order chi connectivity index (χ0) is 45.1. The second-order valence-corrected chi connectivity index (χ2v) is 16.5. The molecule has 62 heavy (non-hydrogen) atoms. The molecule has 0 amide bonds. The van der Waals surface area contributed by atoms with Gasteiger partial charge in [-0.15, -0.1) is 0 Å². The lowest BCUT2D eigenvalue weighted by atomic mass is 10.1. The van der Waals surface area contributed by atoms with Gasteiger partial charge in [0.1, 0.15) is 13.2 Å². The Morgan fingerprint density at radius 3 is 1.08 bits per heavy atom. The minimum Gasteiger partial charge on any atom is -0.462 e. The first-order chi connectivity index (χ1) is 30.5. The molecule has 0 saturated heterocycles. The van der Waals surface area contributed by atoms with Crippen molar-refractivity contribution in [1.82, 2.24) is 0 Å². The summed E-state index contributed by atoms with van der Waals surface area (Å²) >= 11 is 0. The van der Waals surface area contributed by atoms with Crippen LogP contribution in [-0.4, -0.2) is 37.2 Å². The van der Waals surface area contributed by atoms with Gasteiger partial charge >= 0.3 is 17.9 Å². The normalized spacial score (nSPS) is 12.9. The largest absolute Gasteiger partial charge is 0.462 e. The van der Waals surface area contributed by atoms with Crippen LogP contribution in [0.15, 0.2) is 97.2 Å². The van der Waals surface area contributed by atoms with Gasteiger partial charge in [-0.25, -0.2) is 0 Å². The summed E-state index contributed by atoms with van der Waals surface area (Å²) in [6, 6.07) is 0. The summed E-state index contributed by atoms with van der Waals surface area (Å²) in [5.74, 6) is -0.966. The van der Waals surface area contributed by atoms with E-state index >= 15 is 0 Å². The minimum absolute atomic E-state index is 0.103. The van der Waals surface area contributed by atoms with Crippen LogP contribution in [0, 0.1) is 0 Å². The monoisotopic (exact) mass is 861 g/mol. The van der Waals surface area contributed by atoms with E-state index in [4.69, 9.17) is 14.2 Å². The minimum atomic E-state index is -0.804. The Hall–Kier alpha value is -3.67. The SMILES string of the molecule is CC/C=C/C=C/C=C/CCCCCCCC(=O)OC(COC(=O)CCCCC/C=C/CCCCCCCC)COC(=O)CCCCCCC/C=C/C=C/C=C/C=C/CCCCC. The van der Waals surface area contributed by atoms with E-state index in [2.05, 4.69) is 118 Å². The van der Waals surface area contributed by atoms with Crippen LogP contribution >= 0.6 is 0 Å². The van der Waals surface area contributed by atoms with E-state index in [1.807, 2.05) is 0 Å². The summed E-state index contributed by atoms with van der Waals surface area (Å²) in [4.78, 5) is 37.9. The third-order valence-corrected chi connectivity index (χ3v) is 10.4. The number of ether oxygens (including phenoxy) is 3. The first-order valence-electron chi connectivity index (χ1n) is 25.3. The molecule has 0 saturated carbocycles. The number of esters is 3. The molecule has 6 nitrogen and oxygen atoms in total. The van der Waals surface area contributed by atoms with Crippen LogP contribution in [0.1, 0.15) is 220 Å². The molecule has 0 rings (SSSR count). The Labute approximate surface area is 381 Å². The van der Waals surface area contributed by atoms with Gasteiger partial charge in [-0.3, -0.25) is 14.4 Å². The van der Waals surface area contributed by atoms with Crippen LogP contribution in [0.25, 0.3) is 0 Å². The predicted molar refractivity (Wildman–Crippen MR) is 265 cm³/mol. The first kappa shape index (κ1) is 58.3. The van der Waals surface area contributed by atoms with Crippen molar-refractivity contribution in [2.75, 3.05) is 13.2 Å². The number of carbonyl (C=O) groups is 3. The number of allylic oxidation sites excluding steroid dienone is 16. The van der Waals surface area contributed by atoms with E-state index in [-0.39, 0.29) is 31.1 Å². The second-order valence-electron chi connectivity index (χ2n) is 16.5. The Bertz CT molecular complexity index is 1260. The van der Waals surface area contributed by atoms with Gasteiger partial charge < -0.3 is 14.2 Å². The number of carbonyl (C=O) groups excluding carboxylic acids is 3. The van der Waals surface area contributed by atoms with Gasteiger partial charge in [-0.2, -0.15) is 0 Å². The number of hydrogen-bond donors (Lipinski definition) is 0. The molecule has 1 unspecified atom stereocenters. The Balaban J connectivity index is 4.48. The van der Waals surface area contributed by atoms with Crippen LogP contribution in [0.4, 0.5) is 0 Å². The highest BCUT2D eigenvalue weighted by molar-refractivity contribution is 5.71. The van der Waals surface area contributed by atoms with E-state index in [0.29, 0.717) is 19.3 Å². The van der Waals surface area contributed by atoms with Gasteiger partial charge in [0, 0.05) is 19.3 Å². The van der Waals surface area contributed by atoms with Crippen molar-refractivity contribution in [1.29, 1.82) is 0 Å². The second kappa shape index (κ2) is 50.0. The summed E-state index contributed by atoms with van der Waals surface area (Å²) in [6.45, 7) is 6.39. The Kier molecular flexibility index (Phi) is 47.0. The lowest BCUT2D eigenvalue weighted by molar-refractivity contribution is -0.167. The Morgan fingerprint density at radius 1 is 0.339 bits per heavy atom. The standard InChI is InChI=1S/C56H92O6/c1-4-7-10-13-16-19-22-25-26-27-28-29-32-34-37-40-43-46-49-55(58)61-52-53(62-56(59)50-47-44-41-38-35-31-24-21-18-15-12-9-6-3)51-60-54(57)48-45-42-39-36-33-30-23-20-17-14-11-8-5-2/h9,12,15-16,18-19,21-22,24-30,33,53H,4-8,10-11,13-14,17,20,23,31-32,34-52H2,1-3H3/b12-9+,18-15+,19-16+,24-21+,25-22+,27-26+,29-28+,33-30+. The predicted octanol–water partition coefficient (Wildman–Crippen LogP) is 16.6. The lowest BCUT2D eigenvalue weighted by Crippen LogP contribution is -2.30. The summed E-state index contributed by atoms with van der Waals surface area (Å²) in [6.07, 6.45) is 65.3. The first-order valence-corrected chi connectivity index (χ1v) is 25.3. The van der Waals surface area contributed by atoms with Crippen molar-refractivity contribution >= 4 is 17.9 Å². The van der Waals surface area contributed by atoms with Crippen LogP contribution in [0.5, 0.6) is 0 Å². The highest BCUT2D eigenvalue weighted by Crippen LogP contribution is 2.13. The summed E-state index contributed by atoms with van der Waals surface area (Å²) in [7, 11) is 0. The van der Waals surface area contributed by atoms with E-state index < -0.39 is 6.10 Å². The van der Waals surface area contributed by atoms with Gasteiger partial charge in [-0.1, -0.05) is 208 Å². The molecule has 0 N–H and O–H groups in total. The van der Waals surface area contributed by atoms with Crippen molar-refractivity contribution in [2.45, 2.75) is 226 Å². The smallest absolute Gasteiger partial charge is 0.306 e. The van der Waals surface area contributed by atoms with E-state index in [9.17, 15) is 14.4 Å². The molecule has 0 radical (unpaired) electrons. The summed E-state index contributed by atoms with van der Waals surface area (Å²) in [5.41, 5.74) is 0. The fourth-order valence-corrected chi connectivity index (χ4v) is 6.62. The molecule has 0 aromatic heterocycles. The average molecular weight is 861 g/mol. The maximum atomic E-state index is 12.8. The van der Waals surface area contributed by atoms with Crippen LogP contribution in [0.2, 0.25) is 0 Å². The number of rotatable bonds is 44. The maximum absolute atomic E-state index is 12.8. The van der Waals surface area contributed by atoms with Crippen molar-refractivity contribution in [3.05, 3.63) is 97.2 Å². The average Bonchev–Trinajstić information content (AvgIpc) is 3.27. The quantitative estimate of drug-likeness (QED) is 0.0200. The molecule has 0 aliphatic rings. The van der Waals surface area contributed by atoms with Crippen LogP contribution in [-0.2, 0) is 28.6 Å². The van der Waals surface area contributed by atoms with Crippen LogP contribution in [0.3, 0.4) is 0 Å². The molecule has 6 heteroatoms. The molecule has 1 atom stereocenters. The highest BCUT2D eigenvalue weighted by atomic mass is 16.6. The van der Waals surface area contributed by atoms with Gasteiger partial charge in [0.15, 0.2) is 6.10 Å². The number of unbranched alkanes of at least 4 members (excludes halogenated alkanes) is 22. The van der Waals surface area contributed by atoms with E-state index in [1.165, 1.54) is 57.8 Å². The van der Waals surface area contributed by atoms with Gasteiger partial charge in [0.2, 0.25) is 0 Å². The van der Waals surface area contributed by atoms with Gasteiger partial charge in [0.05, 0.1) is 0 Å². The molecule has 0 bridgehead atoms. The topological polar surface area (TPSA) is 78.9 Å². The zero-order valence-electron chi connectivity index (χ0n) is 40.1. The fraction of sp³-hybridized carbons (Fsp3) is 0.661. The summed E-state index contributed by atoms with van der Waals surface area (Å²) in [5, 5.41) is 0. The molecule has 0 fully saturated rings. The molecule has 0 aromatic carbocycles. The third kappa shape index (κ3) is 47.4. The van der Waals surface area contributed by atoms with Crippen molar-refractivity contribution in [2.24, 2.45) is 0 Å². The summed E-state index contributed by atoms with van der Waals surface area (Å²) < 4.78 is 16.7. The molecule has 0 heterocycles. The van der Waals surface area contributed by atoms with E-state index in [1.54, 1.807) is 0 Å². The van der Waals surface area contributed by atoms with Crippen LogP contribution < -0.4 is 0 Å². The molecule has 352 valence electrons. The van der Waals surface area contributed by atoms with Gasteiger partial charge in [-0.05, 0) is 89.9 Å². The molecular formula is C56H92O6. The zero-order valence-corrected chi connectivity index (χ0v) is 40.1. The maximum Gasteiger partial charge on any atom is 0.306 e. The number of hydrogen-bond acceptors (Lipinski definition) is 6. The third-order valence-electron chi connectivity index (χ3n) is 10.4. The molecule has 0 aliphatic carbocycles. The molecule has 0 spiro atoms. The van der Waals surface area contributed by atoms with E-state index in [0.717, 1.165) is 122 Å². The van der Waals surface area contributed by atoms with Crippen molar-refractivity contribution in [3.8, 4) is 0 Å². The Morgan fingerprint density at radius 2 is 0.645 bits per heavy atom. The molecule has 0 aromatic rings. The van der Waals surface area contributed by atoms with Crippen molar-refractivity contribution in [3.63, 3.8) is 0 Å². The van der Waals surface area contributed by atoms with Gasteiger partial charge in [0.25, 0.3) is 0 Å². The molecule has 0 aliphatic heterocycles. The lowest BCUT2D eigenvalue weighted by Gasteiger charge is -2.18.